The number of hydrogen-bond acceptors (Lipinski definition) is 2. The van der Waals surface area contributed by atoms with Crippen LogP contribution in [0.15, 0.2) is 23.8 Å². The van der Waals surface area contributed by atoms with Crippen molar-refractivity contribution in [1.29, 1.82) is 0 Å². The molecule has 1 aromatic rings. The molecular weight excluding hydrogens is 222 g/mol. The lowest BCUT2D eigenvalue weighted by Gasteiger charge is -2.28. The summed E-state index contributed by atoms with van der Waals surface area (Å²) in [4.78, 5) is 11.4. The molecule has 1 N–H and O–H groups in total. The Morgan fingerprint density at radius 2 is 2.12 bits per heavy atom. The van der Waals surface area contributed by atoms with E-state index >= 15 is 0 Å². The molecule has 0 amide bonds. The normalized spacial score (nSPS) is 18.9. The van der Waals surface area contributed by atoms with Gasteiger partial charge in [0.1, 0.15) is 0 Å². The molecule has 0 aromatic heterocycles. The fraction of sp³-hybridized carbons (Fsp3) is 0.308. The van der Waals surface area contributed by atoms with E-state index in [1.807, 2.05) is 12.1 Å². The van der Waals surface area contributed by atoms with Crippen molar-refractivity contribution in [3.63, 3.8) is 0 Å². The summed E-state index contributed by atoms with van der Waals surface area (Å²) in [6.45, 7) is 0.434. The molecule has 82 valence electrons. The summed E-state index contributed by atoms with van der Waals surface area (Å²) in [5.41, 5.74) is 4.72. The lowest BCUT2D eigenvalue weighted by atomic mass is 9.85. The zero-order chi connectivity index (χ0) is 11.1. The van der Waals surface area contributed by atoms with E-state index in [1.165, 1.54) is 11.1 Å². The molecule has 2 aliphatic rings. The molecule has 0 saturated carbocycles. The number of fused-ring (bicyclic) bond motifs is 2. The van der Waals surface area contributed by atoms with Gasteiger partial charge in [0.25, 0.3) is 0 Å². The number of Topliss-reactive ketones (excluding diaryl/α,β-unsaturated/α-hetero) is 1. The third-order valence-corrected chi connectivity index (χ3v) is 3.59. The Hall–Kier alpha value is -1.28. The number of ketones is 1. The van der Waals surface area contributed by atoms with Crippen LogP contribution in [-0.4, -0.2) is 12.3 Å². The quantitative estimate of drug-likeness (QED) is 0.746. The van der Waals surface area contributed by atoms with Gasteiger partial charge in [0.2, 0.25) is 0 Å². The summed E-state index contributed by atoms with van der Waals surface area (Å²) in [6.07, 6.45) is 2.55. The average molecular weight is 234 g/mol. The van der Waals surface area contributed by atoms with Gasteiger partial charge in [0.05, 0.1) is 11.6 Å². The molecule has 2 nitrogen and oxygen atoms in total. The Balaban J connectivity index is 2.17. The first-order valence-corrected chi connectivity index (χ1v) is 5.89. The highest BCUT2D eigenvalue weighted by molar-refractivity contribution is 6.32. The van der Waals surface area contributed by atoms with Crippen LogP contribution in [0.5, 0.6) is 0 Å². The minimum atomic E-state index is 0.272. The Kier molecular flexibility index (Phi) is 2.25. The van der Waals surface area contributed by atoms with E-state index in [9.17, 15) is 4.79 Å². The van der Waals surface area contributed by atoms with E-state index in [0.717, 1.165) is 29.1 Å². The maximum atomic E-state index is 11.4. The monoisotopic (exact) mass is 233 g/mol. The van der Waals surface area contributed by atoms with E-state index in [-0.39, 0.29) is 5.78 Å². The van der Waals surface area contributed by atoms with Gasteiger partial charge in [0, 0.05) is 17.7 Å². The largest absolute Gasteiger partial charge is 0.377 e. The summed E-state index contributed by atoms with van der Waals surface area (Å²) in [5, 5.41) is 4.00. The maximum Gasteiger partial charge on any atom is 0.155 e. The van der Waals surface area contributed by atoms with Gasteiger partial charge in [-0.25, -0.2) is 0 Å². The predicted octanol–water partition coefficient (Wildman–Crippen LogP) is 2.56. The molecule has 0 fully saturated rings. The predicted molar refractivity (Wildman–Crippen MR) is 64.3 cm³/mol. The minimum Gasteiger partial charge on any atom is -0.377 e. The molecule has 0 bridgehead atoms. The van der Waals surface area contributed by atoms with Gasteiger partial charge < -0.3 is 5.32 Å². The van der Waals surface area contributed by atoms with E-state index in [1.54, 1.807) is 0 Å². The highest BCUT2D eigenvalue weighted by Gasteiger charge is 2.25. The van der Waals surface area contributed by atoms with Crippen LogP contribution in [-0.2, 0) is 11.2 Å². The smallest absolute Gasteiger partial charge is 0.155 e. The summed E-state index contributed by atoms with van der Waals surface area (Å²) >= 11 is 6.24. The molecule has 3 rings (SSSR count). The van der Waals surface area contributed by atoms with Gasteiger partial charge >= 0.3 is 0 Å². The van der Waals surface area contributed by atoms with Crippen LogP contribution in [0.3, 0.4) is 0 Å². The van der Waals surface area contributed by atoms with Crippen LogP contribution >= 0.6 is 11.6 Å². The first-order chi connectivity index (χ1) is 7.75. The number of carbonyl (C=O) groups excluding carboxylic acids is 1. The molecule has 1 aromatic carbocycles. The Morgan fingerprint density at radius 1 is 1.25 bits per heavy atom. The molecule has 0 saturated heterocycles. The number of halogens is 1. The minimum absolute atomic E-state index is 0.272. The van der Waals surface area contributed by atoms with Gasteiger partial charge in [-0.05, 0) is 30.0 Å². The molecule has 1 aliphatic heterocycles. The number of hydrogen-bond donors (Lipinski definition) is 1. The van der Waals surface area contributed by atoms with Gasteiger partial charge in [-0.2, -0.15) is 0 Å². The Bertz CT molecular complexity index is 505. The van der Waals surface area contributed by atoms with Crippen molar-refractivity contribution in [1.82, 2.24) is 5.32 Å². The molecule has 0 unspecified atom stereocenters. The Morgan fingerprint density at radius 3 is 3.00 bits per heavy atom. The van der Waals surface area contributed by atoms with Crippen molar-refractivity contribution in [2.45, 2.75) is 19.3 Å². The second-order valence-corrected chi connectivity index (χ2v) is 4.73. The third-order valence-electron chi connectivity index (χ3n) is 3.27. The first kappa shape index (κ1) is 9.91. The lowest BCUT2D eigenvalue weighted by Crippen LogP contribution is -2.30. The van der Waals surface area contributed by atoms with Crippen molar-refractivity contribution in [3.05, 3.63) is 39.9 Å². The van der Waals surface area contributed by atoms with Gasteiger partial charge in [-0.3, -0.25) is 4.79 Å². The topological polar surface area (TPSA) is 29.1 Å². The molecule has 0 spiro atoms. The van der Waals surface area contributed by atoms with E-state index in [2.05, 4.69) is 11.4 Å². The van der Waals surface area contributed by atoms with Crippen LogP contribution < -0.4 is 5.32 Å². The second kappa shape index (κ2) is 3.63. The summed E-state index contributed by atoms with van der Waals surface area (Å²) < 4.78 is 0. The number of carbonyl (C=O) groups is 1. The summed E-state index contributed by atoms with van der Waals surface area (Å²) in [7, 11) is 0. The average Bonchev–Trinajstić information content (AvgIpc) is 2.29. The standard InChI is InChI=1S/C13H12ClNO/c14-11-3-1-2-8-4-5-9-6-10(16)7-15-13(9)12(8)11/h1-3,15H,4-7H2. The SMILES string of the molecule is O=C1CNC2=C(CCc3cccc(Cl)c32)C1. The Labute approximate surface area is 99.3 Å². The number of allylic oxidation sites excluding steroid dienone is 1. The fourth-order valence-electron chi connectivity index (χ4n) is 2.52. The van der Waals surface area contributed by atoms with Crippen molar-refractivity contribution in [3.8, 4) is 0 Å². The van der Waals surface area contributed by atoms with Crippen molar-refractivity contribution in [2.75, 3.05) is 6.54 Å². The number of benzene rings is 1. The van der Waals surface area contributed by atoms with Crippen LogP contribution in [0.2, 0.25) is 5.02 Å². The van der Waals surface area contributed by atoms with E-state index in [0.29, 0.717) is 13.0 Å². The van der Waals surface area contributed by atoms with Crippen molar-refractivity contribution < 1.29 is 4.79 Å². The summed E-state index contributed by atoms with van der Waals surface area (Å²) in [6, 6.07) is 6.01. The van der Waals surface area contributed by atoms with Crippen LogP contribution in [0, 0.1) is 0 Å². The van der Waals surface area contributed by atoms with Crippen molar-refractivity contribution >= 4 is 23.1 Å². The second-order valence-electron chi connectivity index (χ2n) is 4.32. The molecular formula is C13H12ClNO. The molecule has 0 atom stereocenters. The molecule has 1 heterocycles. The van der Waals surface area contributed by atoms with Crippen molar-refractivity contribution in [2.24, 2.45) is 0 Å². The maximum absolute atomic E-state index is 11.4. The van der Waals surface area contributed by atoms with Gasteiger partial charge in [-0.1, -0.05) is 23.7 Å². The lowest BCUT2D eigenvalue weighted by molar-refractivity contribution is -0.117. The van der Waals surface area contributed by atoms with Crippen LogP contribution in [0.4, 0.5) is 0 Å². The summed E-state index contributed by atoms with van der Waals surface area (Å²) in [5.74, 6) is 0.272. The third kappa shape index (κ3) is 1.45. The number of nitrogens with one attached hydrogen (secondary N) is 1. The van der Waals surface area contributed by atoms with Crippen LogP contribution in [0.1, 0.15) is 24.0 Å². The zero-order valence-corrected chi connectivity index (χ0v) is 9.60. The first-order valence-electron chi connectivity index (χ1n) is 5.51. The highest BCUT2D eigenvalue weighted by atomic mass is 35.5. The van der Waals surface area contributed by atoms with E-state index < -0.39 is 0 Å². The van der Waals surface area contributed by atoms with Crippen LogP contribution in [0.25, 0.3) is 5.70 Å². The van der Waals surface area contributed by atoms with Gasteiger partial charge in [-0.15, -0.1) is 0 Å². The molecule has 1 aliphatic carbocycles. The molecule has 0 radical (unpaired) electrons. The van der Waals surface area contributed by atoms with E-state index in [4.69, 9.17) is 11.6 Å². The molecule has 3 heteroatoms. The zero-order valence-electron chi connectivity index (χ0n) is 8.85. The number of aryl methyl sites for hydroxylation is 1. The fourth-order valence-corrected chi connectivity index (χ4v) is 2.81. The molecule has 16 heavy (non-hydrogen) atoms. The van der Waals surface area contributed by atoms with Gasteiger partial charge in [0.15, 0.2) is 5.78 Å². The number of rotatable bonds is 0. The highest BCUT2D eigenvalue weighted by Crippen LogP contribution is 2.36.